The molecule has 1 aliphatic rings. The highest BCUT2D eigenvalue weighted by Crippen LogP contribution is 2.31. The monoisotopic (exact) mass is 416 g/mol. The van der Waals surface area contributed by atoms with Gasteiger partial charge in [-0.05, 0) is 56.2 Å². The lowest BCUT2D eigenvalue weighted by Gasteiger charge is -2.29. The number of pyridine rings is 1. The van der Waals surface area contributed by atoms with Crippen molar-refractivity contribution in [2.24, 2.45) is 0 Å². The van der Waals surface area contributed by atoms with E-state index in [0.717, 1.165) is 23.0 Å². The highest BCUT2D eigenvalue weighted by atomic mass is 79.9. The summed E-state index contributed by atoms with van der Waals surface area (Å²) in [6.07, 6.45) is 4.66. The fourth-order valence-corrected chi connectivity index (χ4v) is 3.36. The zero-order chi connectivity index (χ0) is 18.6. The van der Waals surface area contributed by atoms with Gasteiger partial charge < -0.3 is 16.0 Å². The third-order valence-corrected chi connectivity index (χ3v) is 5.04. The van der Waals surface area contributed by atoms with Crippen molar-refractivity contribution in [2.75, 3.05) is 10.6 Å². The number of carbonyl (C=O) groups excluding carboxylic acids is 2. The molecule has 0 saturated heterocycles. The third kappa shape index (κ3) is 4.40. The number of hydrogen-bond donors (Lipinski definition) is 3. The maximum absolute atomic E-state index is 12.9. The molecule has 0 radical (unpaired) electrons. The first-order valence-electron chi connectivity index (χ1n) is 8.56. The van der Waals surface area contributed by atoms with Crippen LogP contribution in [0.3, 0.4) is 0 Å². The Morgan fingerprint density at radius 3 is 2.27 bits per heavy atom. The third-order valence-electron chi connectivity index (χ3n) is 4.52. The molecule has 6 nitrogen and oxygen atoms in total. The van der Waals surface area contributed by atoms with Gasteiger partial charge in [0.1, 0.15) is 5.54 Å². The molecular formula is C19H21BrN4O2. The molecule has 2 aromatic rings. The normalized spacial score (nSPS) is 15.3. The van der Waals surface area contributed by atoms with Crippen molar-refractivity contribution in [3.8, 4) is 0 Å². The topological polar surface area (TPSA) is 83.1 Å². The molecule has 3 N–H and O–H groups in total. The lowest BCUT2D eigenvalue weighted by atomic mass is 9.96. The summed E-state index contributed by atoms with van der Waals surface area (Å²) < 4.78 is 0.932. The summed E-state index contributed by atoms with van der Waals surface area (Å²) in [5, 5.41) is 8.55. The van der Waals surface area contributed by atoms with Crippen molar-refractivity contribution in [3.05, 3.63) is 52.8 Å². The Bertz CT molecular complexity index is 784. The van der Waals surface area contributed by atoms with Crippen LogP contribution < -0.4 is 16.0 Å². The first-order valence-corrected chi connectivity index (χ1v) is 9.35. The number of aromatic nitrogens is 1. The minimum absolute atomic E-state index is 0.202. The number of anilines is 2. The van der Waals surface area contributed by atoms with Crippen molar-refractivity contribution in [1.82, 2.24) is 10.3 Å². The number of benzene rings is 1. The zero-order valence-electron chi connectivity index (χ0n) is 14.5. The Balaban J connectivity index is 1.68. The van der Waals surface area contributed by atoms with E-state index in [2.05, 4.69) is 36.9 Å². The van der Waals surface area contributed by atoms with Crippen molar-refractivity contribution in [3.63, 3.8) is 0 Å². The molecule has 1 aromatic carbocycles. The summed E-state index contributed by atoms with van der Waals surface area (Å²) in [4.78, 5) is 29.5. The van der Waals surface area contributed by atoms with Crippen LogP contribution in [0.2, 0.25) is 0 Å². The summed E-state index contributed by atoms with van der Waals surface area (Å²) >= 11 is 3.36. The van der Waals surface area contributed by atoms with Crippen molar-refractivity contribution in [2.45, 2.75) is 38.1 Å². The minimum Gasteiger partial charge on any atom is -0.323 e. The van der Waals surface area contributed by atoms with Gasteiger partial charge in [-0.2, -0.15) is 0 Å². The number of carbonyl (C=O) groups is 2. The Morgan fingerprint density at radius 2 is 1.65 bits per heavy atom. The Labute approximate surface area is 160 Å². The Hall–Kier alpha value is -2.41. The molecule has 3 rings (SSSR count). The van der Waals surface area contributed by atoms with Crippen LogP contribution in [0.15, 0.2) is 47.1 Å². The smallest absolute Gasteiger partial charge is 0.320 e. The fraction of sp³-hybridized carbons (Fsp3) is 0.316. The molecule has 0 atom stereocenters. The number of aryl methyl sites for hydroxylation is 1. The predicted molar refractivity (Wildman–Crippen MR) is 105 cm³/mol. The van der Waals surface area contributed by atoms with Crippen molar-refractivity contribution < 1.29 is 9.59 Å². The van der Waals surface area contributed by atoms with Gasteiger partial charge in [0.15, 0.2) is 0 Å². The van der Waals surface area contributed by atoms with Crippen LogP contribution in [0, 0.1) is 6.92 Å². The van der Waals surface area contributed by atoms with E-state index >= 15 is 0 Å². The number of urea groups is 1. The summed E-state index contributed by atoms with van der Waals surface area (Å²) in [7, 11) is 0. The highest BCUT2D eigenvalue weighted by molar-refractivity contribution is 9.10. The molecule has 3 amide bonds. The van der Waals surface area contributed by atoms with E-state index in [1.807, 2.05) is 31.2 Å². The van der Waals surface area contributed by atoms with Crippen LogP contribution in [0.1, 0.15) is 31.4 Å². The van der Waals surface area contributed by atoms with E-state index in [9.17, 15) is 9.59 Å². The Morgan fingerprint density at radius 1 is 1.00 bits per heavy atom. The fourth-order valence-electron chi connectivity index (χ4n) is 3.09. The maximum atomic E-state index is 12.9. The molecule has 1 aliphatic carbocycles. The van der Waals surface area contributed by atoms with Gasteiger partial charge >= 0.3 is 6.03 Å². The molecule has 1 fully saturated rings. The lowest BCUT2D eigenvalue weighted by molar-refractivity contribution is -0.121. The molecule has 0 unspecified atom stereocenters. The quantitative estimate of drug-likeness (QED) is 0.697. The van der Waals surface area contributed by atoms with Crippen molar-refractivity contribution in [1.29, 1.82) is 0 Å². The van der Waals surface area contributed by atoms with Gasteiger partial charge in [0.05, 0.1) is 11.9 Å². The van der Waals surface area contributed by atoms with E-state index in [1.54, 1.807) is 18.3 Å². The molecule has 0 bridgehead atoms. The van der Waals surface area contributed by atoms with Gasteiger partial charge in [-0.1, -0.05) is 28.8 Å². The van der Waals surface area contributed by atoms with Crippen LogP contribution in [0.4, 0.5) is 16.2 Å². The van der Waals surface area contributed by atoms with Crippen LogP contribution in [-0.2, 0) is 4.79 Å². The minimum atomic E-state index is -0.898. The van der Waals surface area contributed by atoms with Crippen molar-refractivity contribution >= 4 is 39.2 Å². The number of nitrogens with one attached hydrogen (secondary N) is 3. The van der Waals surface area contributed by atoms with E-state index < -0.39 is 5.54 Å². The first kappa shape index (κ1) is 18.4. The van der Waals surface area contributed by atoms with Crippen LogP contribution in [-0.4, -0.2) is 22.5 Å². The lowest BCUT2D eigenvalue weighted by Crippen LogP contribution is -2.56. The van der Waals surface area contributed by atoms with E-state index in [0.29, 0.717) is 24.2 Å². The summed E-state index contributed by atoms with van der Waals surface area (Å²) in [5.41, 5.74) is 1.28. The molecule has 0 spiro atoms. The SMILES string of the molecule is Cc1ccc(NC(=O)C2(NC(=O)Nc3ccc(Br)cc3)CCCC2)cn1. The molecule has 0 aliphatic heterocycles. The largest absolute Gasteiger partial charge is 0.323 e. The van der Waals surface area contributed by atoms with Gasteiger partial charge in [-0.25, -0.2) is 4.79 Å². The van der Waals surface area contributed by atoms with Gasteiger partial charge in [0.25, 0.3) is 0 Å². The van der Waals surface area contributed by atoms with Gasteiger partial charge in [0.2, 0.25) is 5.91 Å². The molecule has 1 saturated carbocycles. The second kappa shape index (κ2) is 7.86. The average molecular weight is 417 g/mol. The number of halogens is 1. The van der Waals surface area contributed by atoms with Gasteiger partial charge in [0, 0.05) is 15.9 Å². The van der Waals surface area contributed by atoms with E-state index in [1.165, 1.54) is 0 Å². The van der Waals surface area contributed by atoms with Gasteiger partial charge in [-0.15, -0.1) is 0 Å². The first-order chi connectivity index (χ1) is 12.5. The molecule has 7 heteroatoms. The number of amides is 3. The van der Waals surface area contributed by atoms with E-state index in [-0.39, 0.29) is 11.9 Å². The highest BCUT2D eigenvalue weighted by Gasteiger charge is 2.42. The number of hydrogen-bond acceptors (Lipinski definition) is 3. The van der Waals surface area contributed by atoms with Crippen LogP contribution >= 0.6 is 15.9 Å². The van der Waals surface area contributed by atoms with E-state index in [4.69, 9.17) is 0 Å². The van der Waals surface area contributed by atoms with Crippen LogP contribution in [0.25, 0.3) is 0 Å². The van der Waals surface area contributed by atoms with Crippen LogP contribution in [0.5, 0.6) is 0 Å². The Kier molecular flexibility index (Phi) is 5.56. The number of nitrogens with zero attached hydrogens (tertiary/aromatic N) is 1. The standard InChI is InChI=1S/C19H21BrN4O2/c1-13-4-7-16(12-21-13)22-17(25)19(10-2-3-11-19)24-18(26)23-15-8-5-14(20)6-9-15/h4-9,12H,2-3,10-11H2,1H3,(H,22,25)(H2,23,24,26). The molecular weight excluding hydrogens is 396 g/mol. The molecule has 26 heavy (non-hydrogen) atoms. The zero-order valence-corrected chi connectivity index (χ0v) is 16.1. The average Bonchev–Trinajstić information content (AvgIpc) is 3.08. The predicted octanol–water partition coefficient (Wildman–Crippen LogP) is 4.23. The summed E-state index contributed by atoms with van der Waals surface area (Å²) in [6, 6.07) is 10.5. The molecule has 136 valence electrons. The second-order valence-corrected chi connectivity index (χ2v) is 7.43. The molecule has 1 heterocycles. The molecule has 1 aromatic heterocycles. The number of rotatable bonds is 4. The summed E-state index contributed by atoms with van der Waals surface area (Å²) in [5.74, 6) is -0.202. The maximum Gasteiger partial charge on any atom is 0.320 e. The van der Waals surface area contributed by atoms with Gasteiger partial charge in [-0.3, -0.25) is 9.78 Å². The second-order valence-electron chi connectivity index (χ2n) is 6.52. The summed E-state index contributed by atoms with van der Waals surface area (Å²) in [6.45, 7) is 1.89.